The molecule has 11 rings (SSSR count). The van der Waals surface area contributed by atoms with Crippen molar-refractivity contribution in [3.63, 3.8) is 0 Å². The van der Waals surface area contributed by atoms with Gasteiger partial charge < -0.3 is 9.47 Å². The van der Waals surface area contributed by atoms with Crippen molar-refractivity contribution in [1.29, 1.82) is 0 Å². The maximum atomic E-state index is 2.48. The van der Waals surface area contributed by atoms with Crippen LogP contribution in [0.2, 0.25) is 0 Å². The van der Waals surface area contributed by atoms with E-state index in [0.29, 0.717) is 0 Å². The maximum absolute atomic E-state index is 2.48. The highest BCUT2D eigenvalue weighted by Gasteiger charge is 2.36. The Hall–Kier alpha value is -7.42. The molecule has 0 N–H and O–H groups in total. The average Bonchev–Trinajstić information content (AvgIpc) is 3.74. The SMILES string of the molecule is CC1(C)c2ccccc2-c2cc3c(cc21)c1ccc(N(c2ccc(-c4ccccc4)cc2)c2cccc(-c4ccccc4)c2)cc1n3-c1ccc(-c2ccccc2)cc1. The number of nitrogens with zero attached hydrogens (tertiary/aromatic N) is 2. The molecule has 1 aromatic heterocycles. The second-order valence-electron chi connectivity index (χ2n) is 16.2. The van der Waals surface area contributed by atoms with Crippen LogP contribution in [0.4, 0.5) is 17.1 Å². The number of aromatic nitrogens is 1. The Morgan fingerprint density at radius 2 is 0.847 bits per heavy atom. The molecule has 0 bridgehead atoms. The minimum absolute atomic E-state index is 0.0989. The number of fused-ring (bicyclic) bond motifs is 6. The molecule has 0 saturated heterocycles. The van der Waals surface area contributed by atoms with Crippen LogP contribution in [-0.4, -0.2) is 4.57 Å². The summed E-state index contributed by atoms with van der Waals surface area (Å²) < 4.78 is 2.48. The van der Waals surface area contributed by atoms with Gasteiger partial charge in [-0.2, -0.15) is 0 Å². The fraction of sp³-hybridized carbons (Fsp3) is 0.0526. The number of anilines is 3. The summed E-state index contributed by atoms with van der Waals surface area (Å²) in [6, 6.07) is 79.8. The van der Waals surface area contributed by atoms with Crippen molar-refractivity contribution in [2.75, 3.05) is 4.90 Å². The van der Waals surface area contributed by atoms with Gasteiger partial charge in [0.25, 0.3) is 0 Å². The molecule has 2 heteroatoms. The van der Waals surface area contributed by atoms with Crippen molar-refractivity contribution < 1.29 is 0 Å². The Morgan fingerprint density at radius 3 is 1.51 bits per heavy atom. The van der Waals surface area contributed by atoms with E-state index in [9.17, 15) is 0 Å². The van der Waals surface area contributed by atoms with Crippen LogP contribution in [0.3, 0.4) is 0 Å². The van der Waals surface area contributed by atoms with Crippen LogP contribution in [-0.2, 0) is 5.41 Å². The minimum atomic E-state index is -0.0989. The van der Waals surface area contributed by atoms with E-state index >= 15 is 0 Å². The molecule has 280 valence electrons. The summed E-state index contributed by atoms with van der Waals surface area (Å²) in [4.78, 5) is 2.40. The van der Waals surface area contributed by atoms with Gasteiger partial charge in [-0.25, -0.2) is 0 Å². The van der Waals surface area contributed by atoms with Crippen molar-refractivity contribution in [2.45, 2.75) is 19.3 Å². The zero-order valence-electron chi connectivity index (χ0n) is 33.2. The lowest BCUT2D eigenvalue weighted by Gasteiger charge is -2.26. The van der Waals surface area contributed by atoms with Crippen molar-refractivity contribution in [2.24, 2.45) is 0 Å². The normalized spacial score (nSPS) is 12.7. The molecule has 9 aromatic carbocycles. The minimum Gasteiger partial charge on any atom is -0.310 e. The highest BCUT2D eigenvalue weighted by molar-refractivity contribution is 6.12. The predicted molar refractivity (Wildman–Crippen MR) is 249 cm³/mol. The lowest BCUT2D eigenvalue weighted by atomic mass is 9.82. The van der Waals surface area contributed by atoms with E-state index in [1.165, 1.54) is 77.4 Å². The molecule has 0 fully saturated rings. The summed E-state index contributed by atoms with van der Waals surface area (Å²) >= 11 is 0. The first kappa shape index (κ1) is 34.8. The Morgan fingerprint density at radius 1 is 0.339 bits per heavy atom. The van der Waals surface area contributed by atoms with E-state index in [-0.39, 0.29) is 5.41 Å². The van der Waals surface area contributed by atoms with Gasteiger partial charge in [0, 0.05) is 38.9 Å². The quantitative estimate of drug-likeness (QED) is 0.157. The molecule has 1 aliphatic carbocycles. The van der Waals surface area contributed by atoms with Gasteiger partial charge in [-0.05, 0) is 116 Å². The van der Waals surface area contributed by atoms with Gasteiger partial charge in [0.1, 0.15) is 0 Å². The summed E-state index contributed by atoms with van der Waals surface area (Å²) in [5.41, 5.74) is 19.3. The van der Waals surface area contributed by atoms with E-state index in [4.69, 9.17) is 0 Å². The summed E-state index contributed by atoms with van der Waals surface area (Å²) in [5, 5.41) is 2.51. The molecule has 0 spiro atoms. The average molecular weight is 755 g/mol. The molecular weight excluding hydrogens is 713 g/mol. The van der Waals surface area contributed by atoms with Gasteiger partial charge in [0.2, 0.25) is 0 Å². The van der Waals surface area contributed by atoms with Crippen LogP contribution in [0, 0.1) is 0 Å². The van der Waals surface area contributed by atoms with Crippen LogP contribution in [0.25, 0.3) is 72.0 Å². The fourth-order valence-electron chi connectivity index (χ4n) is 9.39. The standard InChI is InChI=1S/C57H42N2/c1-57(2)53-24-13-12-23-49(53)51-38-56-52(37-54(51)57)50-34-33-48(36-55(50)59(56)46-31-27-43(28-32-46)40-17-8-4-9-18-40)58(45-29-25-42(26-30-45)39-15-6-3-7-16-39)47-22-14-21-44(35-47)41-19-10-5-11-20-41/h3-38H,1-2H3. The van der Waals surface area contributed by atoms with E-state index < -0.39 is 0 Å². The molecule has 0 unspecified atom stereocenters. The van der Waals surface area contributed by atoms with Gasteiger partial charge in [0.05, 0.1) is 11.0 Å². The largest absolute Gasteiger partial charge is 0.310 e. The third-order valence-electron chi connectivity index (χ3n) is 12.4. The molecule has 1 aliphatic rings. The van der Waals surface area contributed by atoms with Gasteiger partial charge >= 0.3 is 0 Å². The molecule has 0 amide bonds. The van der Waals surface area contributed by atoms with E-state index in [1.54, 1.807) is 0 Å². The monoisotopic (exact) mass is 754 g/mol. The van der Waals surface area contributed by atoms with Gasteiger partial charge in [-0.3, -0.25) is 0 Å². The Kier molecular flexibility index (Phi) is 8.20. The first-order chi connectivity index (χ1) is 29.0. The van der Waals surface area contributed by atoms with Crippen LogP contribution in [0.5, 0.6) is 0 Å². The Labute approximate surface area is 345 Å². The second-order valence-corrected chi connectivity index (χ2v) is 16.2. The summed E-state index contributed by atoms with van der Waals surface area (Å²) in [6.07, 6.45) is 0. The number of hydrogen-bond acceptors (Lipinski definition) is 1. The Bertz CT molecular complexity index is 3140. The fourth-order valence-corrected chi connectivity index (χ4v) is 9.39. The zero-order valence-corrected chi connectivity index (χ0v) is 33.2. The summed E-state index contributed by atoms with van der Waals surface area (Å²) in [7, 11) is 0. The van der Waals surface area contributed by atoms with Crippen LogP contribution in [0.1, 0.15) is 25.0 Å². The van der Waals surface area contributed by atoms with E-state index in [1.807, 2.05) is 0 Å². The van der Waals surface area contributed by atoms with Crippen molar-refractivity contribution in [3.05, 3.63) is 230 Å². The van der Waals surface area contributed by atoms with Gasteiger partial charge in [0.15, 0.2) is 0 Å². The summed E-state index contributed by atoms with van der Waals surface area (Å²) in [6.45, 7) is 4.74. The van der Waals surface area contributed by atoms with Crippen molar-refractivity contribution in [1.82, 2.24) is 4.57 Å². The smallest absolute Gasteiger partial charge is 0.0561 e. The molecule has 1 heterocycles. The number of hydrogen-bond donors (Lipinski definition) is 0. The molecule has 0 atom stereocenters. The van der Waals surface area contributed by atoms with E-state index in [2.05, 4.69) is 242 Å². The number of rotatable bonds is 7. The lowest BCUT2D eigenvalue weighted by Crippen LogP contribution is -2.14. The van der Waals surface area contributed by atoms with Crippen molar-refractivity contribution >= 4 is 38.9 Å². The molecule has 59 heavy (non-hydrogen) atoms. The topological polar surface area (TPSA) is 8.17 Å². The molecular formula is C57H42N2. The first-order valence-electron chi connectivity index (χ1n) is 20.5. The molecule has 0 aliphatic heterocycles. The van der Waals surface area contributed by atoms with Crippen LogP contribution in [0.15, 0.2) is 218 Å². The van der Waals surface area contributed by atoms with E-state index in [0.717, 1.165) is 22.7 Å². The predicted octanol–water partition coefficient (Wildman–Crippen LogP) is 15.6. The lowest BCUT2D eigenvalue weighted by molar-refractivity contribution is 0.661. The highest BCUT2D eigenvalue weighted by Crippen LogP contribution is 2.51. The summed E-state index contributed by atoms with van der Waals surface area (Å²) in [5.74, 6) is 0. The number of benzene rings is 9. The van der Waals surface area contributed by atoms with Crippen molar-refractivity contribution in [3.8, 4) is 50.2 Å². The zero-order chi connectivity index (χ0) is 39.5. The maximum Gasteiger partial charge on any atom is 0.0561 e. The van der Waals surface area contributed by atoms with Gasteiger partial charge in [-0.15, -0.1) is 0 Å². The molecule has 2 nitrogen and oxygen atoms in total. The second kappa shape index (κ2) is 13.9. The van der Waals surface area contributed by atoms with Gasteiger partial charge in [-0.1, -0.05) is 172 Å². The molecule has 10 aromatic rings. The van der Waals surface area contributed by atoms with Crippen LogP contribution < -0.4 is 4.90 Å². The molecule has 0 radical (unpaired) electrons. The first-order valence-corrected chi connectivity index (χ1v) is 20.5. The highest BCUT2D eigenvalue weighted by atomic mass is 15.1. The third kappa shape index (κ3) is 5.87. The Balaban J connectivity index is 1.14. The molecule has 0 saturated carbocycles. The third-order valence-corrected chi connectivity index (χ3v) is 12.4. The van der Waals surface area contributed by atoms with Crippen LogP contribution >= 0.6 is 0 Å².